The first-order chi connectivity index (χ1) is 6.24. The van der Waals surface area contributed by atoms with Crippen LogP contribution in [0.15, 0.2) is 0 Å². The van der Waals surface area contributed by atoms with Crippen molar-refractivity contribution in [2.24, 2.45) is 5.92 Å². The number of carboxylic acid groups (broad SMARTS) is 1. The van der Waals surface area contributed by atoms with Crippen molar-refractivity contribution in [1.29, 1.82) is 0 Å². The van der Waals surface area contributed by atoms with Crippen molar-refractivity contribution in [3.05, 3.63) is 0 Å². The number of rotatable bonds is 4. The number of thioether (sulfide) groups is 2. The van der Waals surface area contributed by atoms with E-state index >= 15 is 0 Å². The van der Waals surface area contributed by atoms with Gasteiger partial charge in [0.25, 0.3) is 0 Å². The van der Waals surface area contributed by atoms with Gasteiger partial charge in [-0.15, -0.1) is 0 Å². The minimum Gasteiger partial charge on any atom is -0.481 e. The fourth-order valence-electron chi connectivity index (χ4n) is 1.54. The van der Waals surface area contributed by atoms with Gasteiger partial charge in [0.1, 0.15) is 0 Å². The Balaban J connectivity index is 2.39. The molecule has 0 aromatic rings. The van der Waals surface area contributed by atoms with Gasteiger partial charge in [-0.2, -0.15) is 23.5 Å². The second-order valence-corrected chi connectivity index (χ2v) is 5.75. The van der Waals surface area contributed by atoms with E-state index in [1.807, 2.05) is 23.5 Å². The summed E-state index contributed by atoms with van der Waals surface area (Å²) < 4.78 is 0. The highest BCUT2D eigenvalue weighted by molar-refractivity contribution is 8.06. The molecule has 0 spiro atoms. The number of carboxylic acids is 1. The van der Waals surface area contributed by atoms with Gasteiger partial charge >= 0.3 is 5.97 Å². The fraction of sp³-hybridized carbons (Fsp3) is 0.889. The maximum atomic E-state index is 10.6. The Bertz CT molecular complexity index is 167. The maximum Gasteiger partial charge on any atom is 0.303 e. The molecule has 1 N–H and O–H groups in total. The lowest BCUT2D eigenvalue weighted by molar-refractivity contribution is -0.138. The van der Waals surface area contributed by atoms with Crippen molar-refractivity contribution in [2.45, 2.75) is 25.0 Å². The molecule has 4 heteroatoms. The van der Waals surface area contributed by atoms with E-state index in [-0.39, 0.29) is 0 Å². The molecule has 1 fully saturated rings. The summed E-state index contributed by atoms with van der Waals surface area (Å²) in [5.74, 6) is 3.27. The number of hydrogen-bond donors (Lipinski definition) is 1. The zero-order valence-electron chi connectivity index (χ0n) is 7.86. The molecule has 0 saturated carbocycles. The van der Waals surface area contributed by atoms with Gasteiger partial charge in [0.2, 0.25) is 0 Å². The van der Waals surface area contributed by atoms with Gasteiger partial charge in [0.15, 0.2) is 0 Å². The molecule has 76 valence electrons. The molecular formula is C9H16O2S2. The van der Waals surface area contributed by atoms with Gasteiger partial charge in [0.05, 0.1) is 0 Å². The average molecular weight is 220 g/mol. The van der Waals surface area contributed by atoms with E-state index in [0.29, 0.717) is 17.6 Å². The Kier molecular flexibility index (Phi) is 5.02. The van der Waals surface area contributed by atoms with Crippen LogP contribution in [0.3, 0.4) is 0 Å². The second-order valence-electron chi connectivity index (χ2n) is 3.25. The Labute approximate surface area is 87.9 Å². The van der Waals surface area contributed by atoms with Gasteiger partial charge in [-0.1, -0.05) is 13.3 Å². The summed E-state index contributed by atoms with van der Waals surface area (Å²) in [7, 11) is 0. The third-order valence-corrected chi connectivity index (χ3v) is 5.31. The van der Waals surface area contributed by atoms with Crippen LogP contribution >= 0.6 is 23.5 Å². The summed E-state index contributed by atoms with van der Waals surface area (Å²) >= 11 is 3.91. The van der Waals surface area contributed by atoms with Crippen LogP contribution in [0.1, 0.15) is 19.8 Å². The van der Waals surface area contributed by atoms with Crippen LogP contribution in [-0.4, -0.2) is 33.6 Å². The summed E-state index contributed by atoms with van der Waals surface area (Å²) in [6.45, 7) is 2.09. The molecule has 1 heterocycles. The third-order valence-electron chi connectivity index (χ3n) is 2.33. The first kappa shape index (κ1) is 11.2. The summed E-state index contributed by atoms with van der Waals surface area (Å²) in [4.78, 5) is 10.6. The molecule has 13 heavy (non-hydrogen) atoms. The minimum atomic E-state index is -0.650. The molecule has 2 atom stereocenters. The normalized spacial score (nSPS) is 25.5. The lowest BCUT2D eigenvalue weighted by atomic mass is 9.99. The number of carbonyl (C=O) groups is 1. The smallest absolute Gasteiger partial charge is 0.303 e. The molecule has 0 radical (unpaired) electrons. The lowest BCUT2D eigenvalue weighted by Crippen LogP contribution is -2.25. The summed E-state index contributed by atoms with van der Waals surface area (Å²) in [6.07, 6.45) is 1.33. The predicted octanol–water partition coefficient (Wildman–Crippen LogP) is 2.34. The van der Waals surface area contributed by atoms with E-state index in [2.05, 4.69) is 6.92 Å². The second kappa shape index (κ2) is 5.81. The van der Waals surface area contributed by atoms with Crippen LogP contribution in [0.4, 0.5) is 0 Å². The van der Waals surface area contributed by atoms with Crippen molar-refractivity contribution in [2.75, 3.05) is 17.3 Å². The van der Waals surface area contributed by atoms with Crippen LogP contribution in [0.2, 0.25) is 0 Å². The van der Waals surface area contributed by atoms with E-state index in [0.717, 1.165) is 12.2 Å². The number of hydrogen-bond acceptors (Lipinski definition) is 3. The fourth-order valence-corrected chi connectivity index (χ4v) is 4.61. The van der Waals surface area contributed by atoms with Crippen LogP contribution in [0, 0.1) is 5.92 Å². The summed E-state index contributed by atoms with van der Waals surface area (Å²) in [5, 5.41) is 9.30. The highest BCUT2D eigenvalue weighted by atomic mass is 32.2. The molecule has 0 aromatic carbocycles. The van der Waals surface area contributed by atoms with Crippen molar-refractivity contribution in [3.8, 4) is 0 Å². The van der Waals surface area contributed by atoms with Gasteiger partial charge in [-0.25, -0.2) is 0 Å². The molecule has 1 aliphatic heterocycles. The van der Waals surface area contributed by atoms with E-state index in [4.69, 9.17) is 5.11 Å². The monoisotopic (exact) mass is 220 g/mol. The zero-order chi connectivity index (χ0) is 9.68. The highest BCUT2D eigenvalue weighted by Crippen LogP contribution is 2.32. The Hall–Kier alpha value is 0.170. The topological polar surface area (TPSA) is 37.3 Å². The zero-order valence-corrected chi connectivity index (χ0v) is 9.50. The van der Waals surface area contributed by atoms with Crippen LogP contribution in [0.5, 0.6) is 0 Å². The standard InChI is InChI=1S/C9H16O2S2/c1-2-7(5-9(10)11)8-6-12-3-4-13-8/h7-8H,2-6H2,1H3,(H,10,11). The van der Waals surface area contributed by atoms with Crippen molar-refractivity contribution in [1.82, 2.24) is 0 Å². The molecule has 2 nitrogen and oxygen atoms in total. The SMILES string of the molecule is CCC(CC(=O)O)C1CSCCS1. The Morgan fingerprint density at radius 2 is 2.38 bits per heavy atom. The molecule has 0 aromatic heterocycles. The summed E-state index contributed by atoms with van der Waals surface area (Å²) in [6, 6.07) is 0. The Morgan fingerprint density at radius 1 is 1.62 bits per heavy atom. The van der Waals surface area contributed by atoms with Gasteiger partial charge in [-0.3, -0.25) is 4.79 Å². The van der Waals surface area contributed by atoms with E-state index in [9.17, 15) is 4.79 Å². The molecular weight excluding hydrogens is 204 g/mol. The first-order valence-electron chi connectivity index (χ1n) is 4.65. The maximum absolute atomic E-state index is 10.6. The molecule has 2 unspecified atom stereocenters. The highest BCUT2D eigenvalue weighted by Gasteiger charge is 2.24. The van der Waals surface area contributed by atoms with E-state index in [1.54, 1.807) is 0 Å². The molecule has 0 amide bonds. The molecule has 0 aliphatic carbocycles. The first-order valence-corrected chi connectivity index (χ1v) is 6.85. The van der Waals surface area contributed by atoms with Crippen LogP contribution < -0.4 is 0 Å². The van der Waals surface area contributed by atoms with Gasteiger partial charge in [0, 0.05) is 28.9 Å². The molecule has 1 aliphatic rings. The van der Waals surface area contributed by atoms with Crippen molar-refractivity contribution in [3.63, 3.8) is 0 Å². The van der Waals surface area contributed by atoms with Crippen molar-refractivity contribution >= 4 is 29.5 Å². The van der Waals surface area contributed by atoms with Crippen LogP contribution in [0.25, 0.3) is 0 Å². The number of aliphatic carboxylic acids is 1. The largest absolute Gasteiger partial charge is 0.481 e. The quantitative estimate of drug-likeness (QED) is 0.789. The molecule has 1 saturated heterocycles. The van der Waals surface area contributed by atoms with Crippen molar-refractivity contribution < 1.29 is 9.90 Å². The summed E-state index contributed by atoms with van der Waals surface area (Å²) in [5.41, 5.74) is 0. The van der Waals surface area contributed by atoms with E-state index < -0.39 is 5.97 Å². The molecule has 0 bridgehead atoms. The average Bonchev–Trinajstić information content (AvgIpc) is 2.15. The Morgan fingerprint density at radius 3 is 2.85 bits per heavy atom. The third kappa shape index (κ3) is 3.81. The van der Waals surface area contributed by atoms with Gasteiger partial charge in [-0.05, 0) is 5.92 Å². The predicted molar refractivity (Wildman–Crippen MR) is 59.6 cm³/mol. The van der Waals surface area contributed by atoms with Crippen LogP contribution in [-0.2, 0) is 4.79 Å². The lowest BCUT2D eigenvalue weighted by Gasteiger charge is -2.27. The van der Waals surface area contributed by atoms with Gasteiger partial charge < -0.3 is 5.11 Å². The van der Waals surface area contributed by atoms with E-state index in [1.165, 1.54) is 11.5 Å². The minimum absolute atomic E-state index is 0.342. The molecule has 1 rings (SSSR count).